The van der Waals surface area contributed by atoms with E-state index in [4.69, 9.17) is 11.6 Å². The van der Waals surface area contributed by atoms with E-state index in [9.17, 15) is 4.39 Å². The van der Waals surface area contributed by atoms with Crippen LogP contribution in [-0.2, 0) is 6.42 Å². The molecule has 2 heterocycles. The summed E-state index contributed by atoms with van der Waals surface area (Å²) in [5, 5.41) is 4.22. The van der Waals surface area contributed by atoms with E-state index in [1.165, 1.54) is 6.20 Å². The van der Waals surface area contributed by atoms with Crippen LogP contribution < -0.4 is 5.32 Å². The largest absolute Gasteiger partial charge is 0.382 e. The molecule has 22 heavy (non-hydrogen) atoms. The Labute approximate surface area is 133 Å². The lowest BCUT2D eigenvalue weighted by atomic mass is 10.1. The van der Waals surface area contributed by atoms with Gasteiger partial charge in [0.05, 0.1) is 10.7 Å². The van der Waals surface area contributed by atoms with Crippen LogP contribution in [0.3, 0.4) is 0 Å². The predicted octanol–water partition coefficient (Wildman–Crippen LogP) is 4.39. The molecule has 112 valence electrons. The van der Waals surface area contributed by atoms with Crippen LogP contribution in [0.5, 0.6) is 0 Å². The molecule has 0 spiro atoms. The lowest BCUT2D eigenvalue weighted by molar-refractivity contribution is 0.639. The molecule has 1 N–H and O–H groups in total. The smallest absolute Gasteiger partial charge is 0.172 e. The summed E-state index contributed by atoms with van der Waals surface area (Å²) in [7, 11) is 0. The topological polar surface area (TPSA) is 37.8 Å². The number of halogens is 2. The number of benzene rings is 1. The molecule has 0 atom stereocenters. The minimum Gasteiger partial charge on any atom is -0.382 e. The van der Waals surface area contributed by atoms with Crippen LogP contribution >= 0.6 is 11.6 Å². The summed E-state index contributed by atoms with van der Waals surface area (Å²) in [6.45, 7) is 2.57. The van der Waals surface area contributed by atoms with Crippen molar-refractivity contribution in [3.63, 3.8) is 0 Å². The van der Waals surface area contributed by atoms with Gasteiger partial charge in [0.1, 0.15) is 5.52 Å². The molecular weight excluding hydrogens is 301 g/mol. The standard InChI is InChI=1S/C17H15ClFN3/c1-11-2-3-12(10-22-11)6-8-20-15-5-4-13-14(18)7-9-21-17(13)16(15)19/h2-5,7,9-10,20H,6,8H2,1H3. The zero-order valence-corrected chi connectivity index (χ0v) is 12.9. The van der Waals surface area contributed by atoms with Crippen molar-refractivity contribution in [2.24, 2.45) is 0 Å². The van der Waals surface area contributed by atoms with Gasteiger partial charge < -0.3 is 5.32 Å². The summed E-state index contributed by atoms with van der Waals surface area (Å²) in [6.07, 6.45) is 4.12. The molecule has 0 fully saturated rings. The third-order valence-electron chi connectivity index (χ3n) is 3.50. The highest BCUT2D eigenvalue weighted by Crippen LogP contribution is 2.27. The van der Waals surface area contributed by atoms with Crippen molar-refractivity contribution in [2.45, 2.75) is 13.3 Å². The highest BCUT2D eigenvalue weighted by atomic mass is 35.5. The molecule has 3 nitrogen and oxygen atoms in total. The first-order valence-corrected chi connectivity index (χ1v) is 7.41. The molecule has 0 saturated carbocycles. The minimum atomic E-state index is -0.373. The molecule has 0 unspecified atom stereocenters. The second kappa shape index (κ2) is 6.28. The second-order valence-corrected chi connectivity index (χ2v) is 5.51. The molecule has 0 radical (unpaired) electrons. The van der Waals surface area contributed by atoms with Gasteiger partial charge in [0, 0.05) is 30.0 Å². The molecule has 0 aliphatic carbocycles. The van der Waals surface area contributed by atoms with Crippen LogP contribution in [0.15, 0.2) is 42.7 Å². The Bertz CT molecular complexity index is 803. The molecule has 0 bridgehead atoms. The first kappa shape index (κ1) is 14.7. The van der Waals surface area contributed by atoms with E-state index >= 15 is 0 Å². The van der Waals surface area contributed by atoms with Gasteiger partial charge in [-0.1, -0.05) is 17.7 Å². The summed E-state index contributed by atoms with van der Waals surface area (Å²) < 4.78 is 14.4. The maximum absolute atomic E-state index is 14.4. The van der Waals surface area contributed by atoms with Gasteiger partial charge in [-0.2, -0.15) is 0 Å². The fourth-order valence-corrected chi connectivity index (χ4v) is 2.48. The number of aromatic nitrogens is 2. The van der Waals surface area contributed by atoms with Crippen molar-refractivity contribution in [1.29, 1.82) is 0 Å². The first-order chi connectivity index (χ1) is 10.6. The van der Waals surface area contributed by atoms with E-state index < -0.39 is 0 Å². The quantitative estimate of drug-likeness (QED) is 0.776. The Hall–Kier alpha value is -2.20. The Morgan fingerprint density at radius 2 is 2.00 bits per heavy atom. The van der Waals surface area contributed by atoms with Gasteiger partial charge in [0.25, 0.3) is 0 Å². The van der Waals surface area contributed by atoms with E-state index in [0.29, 0.717) is 22.6 Å². The third-order valence-corrected chi connectivity index (χ3v) is 3.83. The van der Waals surface area contributed by atoms with Crippen LogP contribution in [0.25, 0.3) is 10.9 Å². The number of pyridine rings is 2. The van der Waals surface area contributed by atoms with Crippen LogP contribution in [-0.4, -0.2) is 16.5 Å². The molecule has 2 aromatic heterocycles. The van der Waals surface area contributed by atoms with Gasteiger partial charge in [-0.05, 0) is 43.2 Å². The van der Waals surface area contributed by atoms with Gasteiger partial charge in [-0.15, -0.1) is 0 Å². The fourth-order valence-electron chi connectivity index (χ4n) is 2.27. The summed E-state index contributed by atoms with van der Waals surface area (Å²) >= 11 is 6.04. The summed E-state index contributed by atoms with van der Waals surface area (Å²) in [5.41, 5.74) is 2.82. The van der Waals surface area contributed by atoms with E-state index in [-0.39, 0.29) is 11.3 Å². The van der Waals surface area contributed by atoms with Gasteiger partial charge in [0.2, 0.25) is 0 Å². The molecule has 0 aliphatic heterocycles. The molecule has 0 amide bonds. The third kappa shape index (κ3) is 3.02. The molecule has 5 heteroatoms. The Balaban J connectivity index is 1.74. The second-order valence-electron chi connectivity index (χ2n) is 5.10. The van der Waals surface area contributed by atoms with Crippen LogP contribution in [0, 0.1) is 12.7 Å². The number of rotatable bonds is 4. The van der Waals surface area contributed by atoms with E-state index in [1.54, 1.807) is 18.2 Å². The number of hydrogen-bond donors (Lipinski definition) is 1. The van der Waals surface area contributed by atoms with E-state index in [1.807, 2.05) is 25.3 Å². The van der Waals surface area contributed by atoms with Crippen LogP contribution in [0.4, 0.5) is 10.1 Å². The summed E-state index contributed by atoms with van der Waals surface area (Å²) in [4.78, 5) is 8.32. The average Bonchev–Trinajstić information content (AvgIpc) is 2.52. The van der Waals surface area contributed by atoms with Crippen LogP contribution in [0.2, 0.25) is 5.02 Å². The monoisotopic (exact) mass is 315 g/mol. The van der Waals surface area contributed by atoms with Crippen molar-refractivity contribution in [3.05, 3.63) is 64.8 Å². The van der Waals surface area contributed by atoms with Gasteiger partial charge in [0.15, 0.2) is 5.82 Å². The van der Waals surface area contributed by atoms with Gasteiger partial charge >= 0.3 is 0 Å². The molecule has 1 aromatic carbocycles. The zero-order chi connectivity index (χ0) is 15.5. The highest BCUT2D eigenvalue weighted by molar-refractivity contribution is 6.35. The summed E-state index contributed by atoms with van der Waals surface area (Å²) in [5.74, 6) is -0.373. The number of aryl methyl sites for hydroxylation is 1. The number of nitrogens with one attached hydrogen (secondary N) is 1. The molecule has 0 saturated heterocycles. The SMILES string of the molecule is Cc1ccc(CCNc2ccc3c(Cl)ccnc3c2F)cn1. The Kier molecular flexibility index (Phi) is 4.20. The molecule has 0 aliphatic rings. The van der Waals surface area contributed by atoms with Crippen molar-refractivity contribution in [3.8, 4) is 0 Å². The lowest BCUT2D eigenvalue weighted by Crippen LogP contribution is -2.07. The maximum atomic E-state index is 14.4. The Morgan fingerprint density at radius 3 is 2.77 bits per heavy atom. The van der Waals surface area contributed by atoms with Crippen molar-refractivity contribution < 1.29 is 4.39 Å². The molecule has 3 rings (SSSR count). The normalized spacial score (nSPS) is 10.9. The predicted molar refractivity (Wildman–Crippen MR) is 87.9 cm³/mol. The fraction of sp³-hybridized carbons (Fsp3) is 0.176. The van der Waals surface area contributed by atoms with Crippen molar-refractivity contribution in [1.82, 2.24) is 9.97 Å². The van der Waals surface area contributed by atoms with Crippen molar-refractivity contribution >= 4 is 28.2 Å². The van der Waals surface area contributed by atoms with Crippen molar-refractivity contribution in [2.75, 3.05) is 11.9 Å². The lowest BCUT2D eigenvalue weighted by Gasteiger charge is -2.10. The number of fused-ring (bicyclic) bond motifs is 1. The number of nitrogens with zero attached hydrogens (tertiary/aromatic N) is 2. The van der Waals surface area contributed by atoms with E-state index in [0.717, 1.165) is 17.7 Å². The minimum absolute atomic E-state index is 0.287. The molecular formula is C17H15ClFN3. The number of hydrogen-bond acceptors (Lipinski definition) is 3. The highest BCUT2D eigenvalue weighted by Gasteiger charge is 2.10. The summed E-state index contributed by atoms with van der Waals surface area (Å²) in [6, 6.07) is 9.13. The molecule has 3 aromatic rings. The van der Waals surface area contributed by atoms with Gasteiger partial charge in [-0.3, -0.25) is 9.97 Å². The van der Waals surface area contributed by atoms with Crippen LogP contribution in [0.1, 0.15) is 11.3 Å². The number of anilines is 1. The zero-order valence-electron chi connectivity index (χ0n) is 12.1. The first-order valence-electron chi connectivity index (χ1n) is 7.03. The Morgan fingerprint density at radius 1 is 1.14 bits per heavy atom. The maximum Gasteiger partial charge on any atom is 0.172 e. The van der Waals surface area contributed by atoms with Gasteiger partial charge in [-0.25, -0.2) is 4.39 Å². The van der Waals surface area contributed by atoms with E-state index in [2.05, 4.69) is 15.3 Å². The average molecular weight is 316 g/mol.